The largest absolute Gasteiger partial charge is 0.479 e. The number of carbonyl (C=O) groups is 7. The number of carboxylic acid groups (broad SMARTS) is 1. The minimum absolute atomic E-state index is 0.0149. The van der Waals surface area contributed by atoms with E-state index < -0.39 is 108 Å². The van der Waals surface area contributed by atoms with Crippen molar-refractivity contribution in [2.24, 2.45) is 5.16 Å². The van der Waals surface area contributed by atoms with E-state index in [1.54, 1.807) is 21.0 Å². The molecule has 0 radical (unpaired) electrons. The molecule has 1 aliphatic carbocycles. The Morgan fingerprint density at radius 1 is 0.675 bits per heavy atom. The number of unbranched alkanes of at least 4 members (excludes halogenated alkanes) is 2. The van der Waals surface area contributed by atoms with Crippen molar-refractivity contribution in [3.05, 3.63) is 91.0 Å². The lowest BCUT2D eigenvalue weighted by Crippen LogP contribution is -2.61. The molecule has 1 fully saturated rings. The number of halogens is 1. The average Bonchev–Trinajstić information content (AvgIpc) is 1.68. The number of nitrogens with zero attached hydrogens (tertiary/aromatic N) is 3. The van der Waals surface area contributed by atoms with E-state index >= 15 is 4.39 Å². The molecule has 1 saturated heterocycles. The summed E-state index contributed by atoms with van der Waals surface area (Å²) >= 11 is 0. The summed E-state index contributed by atoms with van der Waals surface area (Å²) in [6.45, 7) is 14.8. The Balaban J connectivity index is 0.755. The van der Waals surface area contributed by atoms with Gasteiger partial charge in [0.05, 0.1) is 193 Å². The van der Waals surface area contributed by atoms with Gasteiger partial charge in [-0.3, -0.25) is 24.0 Å². The summed E-state index contributed by atoms with van der Waals surface area (Å²) in [5, 5.41) is 71.5. The molecule has 0 saturated carbocycles. The number of methoxy groups -OCH3 is 1. The van der Waals surface area contributed by atoms with Crippen LogP contribution in [0.15, 0.2) is 40.3 Å². The third-order valence-electron chi connectivity index (χ3n) is 20.0. The second-order valence-electron chi connectivity index (χ2n) is 28.5. The molecule has 2 aromatic heterocycles. The Labute approximate surface area is 694 Å². The van der Waals surface area contributed by atoms with Crippen molar-refractivity contribution < 1.29 is 144 Å². The fourth-order valence-electron chi connectivity index (χ4n) is 13.2. The number of nitrogens with one attached hydrogen (secondary N) is 5. The molecule has 4 aromatic rings. The lowest BCUT2D eigenvalue weighted by atomic mass is 9.81. The number of amides is 5. The Morgan fingerprint density at radius 3 is 1.83 bits per heavy atom. The molecule has 0 unspecified atom stereocenters. The highest BCUT2D eigenvalue weighted by atomic mass is 19.1. The summed E-state index contributed by atoms with van der Waals surface area (Å²) in [6, 6.07) is 5.00. The van der Waals surface area contributed by atoms with Crippen molar-refractivity contribution in [2.75, 3.05) is 179 Å². The van der Waals surface area contributed by atoms with Crippen LogP contribution in [0.3, 0.4) is 0 Å². The van der Waals surface area contributed by atoms with E-state index in [-0.39, 0.29) is 124 Å². The van der Waals surface area contributed by atoms with Crippen LogP contribution in [-0.4, -0.2) is 298 Å². The number of cyclic esters (lactones) is 1. The first kappa shape index (κ1) is 96.9. The van der Waals surface area contributed by atoms with Gasteiger partial charge < -0.3 is 137 Å². The van der Waals surface area contributed by atoms with Crippen LogP contribution >= 0.6 is 0 Å². The van der Waals surface area contributed by atoms with Gasteiger partial charge in [0.2, 0.25) is 29.9 Å². The molecule has 0 bridgehead atoms. The van der Waals surface area contributed by atoms with E-state index in [9.17, 15) is 63.9 Å². The van der Waals surface area contributed by atoms with E-state index in [0.29, 0.717) is 198 Å². The van der Waals surface area contributed by atoms with E-state index in [2.05, 4.69) is 31.7 Å². The van der Waals surface area contributed by atoms with Crippen molar-refractivity contribution in [3.8, 4) is 17.1 Å². The van der Waals surface area contributed by atoms with Gasteiger partial charge in [-0.2, -0.15) is 0 Å². The molecule has 2 aromatic carbocycles. The molecule has 3 aliphatic heterocycles. The van der Waals surface area contributed by atoms with Crippen LogP contribution in [0.25, 0.3) is 22.3 Å². The Bertz CT molecular complexity index is 4040. The highest BCUT2D eigenvalue weighted by molar-refractivity contribution is 5.94. The number of aliphatic hydroxyl groups excluding tert-OH is 3. The quantitative estimate of drug-likeness (QED) is 0.0115. The number of esters is 1. The van der Waals surface area contributed by atoms with Crippen LogP contribution < -0.4 is 36.9 Å². The van der Waals surface area contributed by atoms with Gasteiger partial charge in [-0.05, 0) is 99.2 Å². The van der Waals surface area contributed by atoms with Gasteiger partial charge in [0.1, 0.15) is 55.7 Å². The number of carbonyl (C=O) groups excluding carboxylic acids is 6. The predicted octanol–water partition coefficient (Wildman–Crippen LogP) is 2.02. The molecule has 5 amide bonds. The molecule has 8 rings (SSSR count). The zero-order valence-electron chi connectivity index (χ0n) is 68.9. The maximum Gasteiger partial charge on any atom is 0.407 e. The SMILES string of the molecule is CC/C(C)=N/OCCCCCC(=O)N[C@@H](CNC(=O)CCOCCOCCOCCOCCOCCOCCOCCOCCOCCOCCOCCOC)C(=O)NCCC(=O)NCc1cc(COC(=O)N[C@H]2CCc3c(C)c(F)cc4nc5c(c2c34)Cn2c-5cc3c(c2=O)COC(=O)[C@]3(O)CC)ccc1O[C@@H]1O[C@H](C(=O)O)[C@@H](O)[C@H](O)[C@H]1O. The van der Waals surface area contributed by atoms with Crippen LogP contribution in [0, 0.1) is 12.7 Å². The van der Waals surface area contributed by atoms with Gasteiger partial charge in [0, 0.05) is 74.1 Å². The molecular weight excluding hydrogens is 1580 g/mol. The maximum absolute atomic E-state index is 15.7. The van der Waals surface area contributed by atoms with Crippen LogP contribution in [-0.2, 0) is 143 Å². The van der Waals surface area contributed by atoms with Gasteiger partial charge in [0.25, 0.3) is 5.56 Å². The molecule has 38 nitrogen and oxygen atoms in total. The lowest BCUT2D eigenvalue weighted by molar-refractivity contribution is -0.271. The molecule has 39 heteroatoms. The summed E-state index contributed by atoms with van der Waals surface area (Å²) in [6.07, 6.45) is -8.37. The first-order valence-corrected chi connectivity index (χ1v) is 40.6. The number of hydrogen-bond donors (Lipinski definition) is 10. The van der Waals surface area contributed by atoms with Gasteiger partial charge >= 0.3 is 18.0 Å². The number of aliphatic carboxylic acids is 1. The van der Waals surface area contributed by atoms with Gasteiger partial charge in [0.15, 0.2) is 11.7 Å². The number of rotatable bonds is 60. The molecule has 120 heavy (non-hydrogen) atoms. The average molecular weight is 1700 g/mol. The minimum Gasteiger partial charge on any atom is -0.479 e. The van der Waals surface area contributed by atoms with Gasteiger partial charge in [-0.15, -0.1) is 0 Å². The molecular formula is C81H117FN8O30. The summed E-state index contributed by atoms with van der Waals surface area (Å²) < 4.78 is 105. The van der Waals surface area contributed by atoms with Gasteiger partial charge in [-0.1, -0.05) is 25.1 Å². The summed E-state index contributed by atoms with van der Waals surface area (Å²) in [4.78, 5) is 117. The van der Waals surface area contributed by atoms with Crippen molar-refractivity contribution in [1.29, 1.82) is 0 Å². The number of oxime groups is 1. The van der Waals surface area contributed by atoms with Crippen molar-refractivity contribution >= 4 is 58.3 Å². The molecule has 8 atom stereocenters. The molecule has 10 N–H and O–H groups in total. The van der Waals surface area contributed by atoms with E-state index in [0.717, 1.165) is 12.1 Å². The minimum atomic E-state index is -2.11. The lowest BCUT2D eigenvalue weighted by Gasteiger charge is -2.38. The number of aliphatic hydroxyl groups is 4. The van der Waals surface area contributed by atoms with Crippen LogP contribution in [0.2, 0.25) is 0 Å². The number of aromatic nitrogens is 2. The molecule has 668 valence electrons. The number of alkyl carbamates (subject to hydrolysis) is 1. The fraction of sp³-hybridized carbons (Fsp3) is 0.654. The van der Waals surface area contributed by atoms with Crippen molar-refractivity contribution in [1.82, 2.24) is 36.1 Å². The zero-order chi connectivity index (χ0) is 86.2. The monoisotopic (exact) mass is 1700 g/mol. The van der Waals surface area contributed by atoms with Crippen molar-refractivity contribution in [3.63, 3.8) is 0 Å². The maximum atomic E-state index is 15.7. The fourth-order valence-corrected chi connectivity index (χ4v) is 13.2. The Morgan fingerprint density at radius 2 is 1.26 bits per heavy atom. The van der Waals surface area contributed by atoms with E-state index in [4.69, 9.17) is 85.6 Å². The summed E-state index contributed by atoms with van der Waals surface area (Å²) in [5.41, 5.74) is 1.78. The highest BCUT2D eigenvalue weighted by Gasteiger charge is 2.49. The van der Waals surface area contributed by atoms with Gasteiger partial charge in [-0.25, -0.2) is 23.8 Å². The van der Waals surface area contributed by atoms with Crippen LogP contribution in [0.4, 0.5) is 9.18 Å². The zero-order valence-corrected chi connectivity index (χ0v) is 68.9. The number of benzene rings is 2. The summed E-state index contributed by atoms with van der Waals surface area (Å²) in [5.74, 6) is -5.54. The van der Waals surface area contributed by atoms with Crippen LogP contribution in [0.1, 0.15) is 129 Å². The molecule has 5 heterocycles. The highest BCUT2D eigenvalue weighted by Crippen LogP contribution is 2.46. The molecule has 0 spiro atoms. The van der Waals surface area contributed by atoms with E-state index in [1.807, 2.05) is 13.8 Å². The topological polar surface area (TPSA) is 485 Å². The number of aryl methyl sites for hydroxylation is 1. The number of carboxylic acids is 1. The van der Waals surface area contributed by atoms with Crippen molar-refractivity contribution in [2.45, 2.75) is 167 Å². The second kappa shape index (κ2) is 52.0. The summed E-state index contributed by atoms with van der Waals surface area (Å²) in [7, 11) is 1.63. The smallest absolute Gasteiger partial charge is 0.407 e. The predicted molar refractivity (Wildman–Crippen MR) is 423 cm³/mol. The second-order valence-corrected chi connectivity index (χ2v) is 28.5. The van der Waals surface area contributed by atoms with Crippen LogP contribution in [0.5, 0.6) is 5.75 Å². The Hall–Kier alpha value is -8.59. The number of ether oxygens (including phenoxy) is 16. The normalized spacial score (nSPS) is 18.8. The van der Waals surface area contributed by atoms with E-state index in [1.165, 1.54) is 34.9 Å². The first-order chi connectivity index (χ1) is 58.1. The standard InChI is InChI=1S/C81H117FN8O30/c1-6-51(3)89-118-19-10-8-9-11-67(93)86-62(47-85-66(92)17-20-105-23-24-107-27-28-109-31-32-111-35-36-113-39-40-115-42-41-114-38-37-112-34-33-110-30-29-108-26-25-106-22-21-104-5)75(97)83-18-16-65(91)84-46-54-43-53(12-15-64(54)119-78-73(96)71(94)72(95)74(120-78)77(99)100)49-117-80(102)88-60-14-13-55-52(4)59(82)45-61-68(55)69(60)56-48-90-63(70(56)87-61)44-58-57(76(90)98)50-116-79(101)81(58,103)7-2/h12,15,43-45,60,62,71-74,78,94-96,103H,6-11,13-14,16-42,46-50H2,1-5H3,(H,83,97)(H,84,91)(H,85,92)(H,86,93)(H,88,102)(H,99,100)/b89-51+/t60-,62-,71-,72-,73+,74-,78+,81-/m0/s1. The number of pyridine rings is 2. The number of fused-ring (bicyclic) bond motifs is 5. The first-order valence-electron chi connectivity index (χ1n) is 40.6. The third kappa shape index (κ3) is 29.9. The third-order valence-corrected chi connectivity index (χ3v) is 20.0. The Kier molecular flexibility index (Phi) is 42.0. The number of hydrogen-bond acceptors (Lipinski definition) is 31. The molecule has 4 aliphatic rings.